The largest absolute Gasteiger partial charge is 0.772 e. The van der Waals surface area contributed by atoms with Crippen molar-refractivity contribution in [1.29, 1.82) is 0 Å². The number of rotatable bonds is 3. The van der Waals surface area contributed by atoms with E-state index in [4.69, 9.17) is 22.1 Å². The second-order valence-electron chi connectivity index (χ2n) is 3.36. The Morgan fingerprint density at radius 1 is 1.45 bits per heavy atom. The van der Waals surface area contributed by atoms with E-state index < -0.39 is 21.6 Å². The summed E-state index contributed by atoms with van der Waals surface area (Å²) in [6, 6.07) is 8.73. The SMILES string of the molecule is C=C(Cl)C(c1ccccc1)S(=O)[O-].COC(N)=S.NC(=O)S. The molecule has 0 radical (unpaired) electrons. The molecule has 0 bridgehead atoms. The molecule has 10 heteroatoms. The molecule has 2 atom stereocenters. The minimum Gasteiger partial charge on any atom is -0.772 e. The molecule has 0 spiro atoms. The number of carbonyl (C=O) groups excluding carboxylic acids is 1. The van der Waals surface area contributed by atoms with Crippen LogP contribution in [-0.2, 0) is 15.8 Å². The molecule has 1 aromatic rings. The molecule has 0 aliphatic heterocycles. The van der Waals surface area contributed by atoms with Gasteiger partial charge in [0.15, 0.2) is 0 Å². The lowest BCUT2D eigenvalue weighted by molar-refractivity contribution is 0.267. The highest BCUT2D eigenvalue weighted by molar-refractivity contribution is 7.96. The minimum atomic E-state index is -2.27. The van der Waals surface area contributed by atoms with Gasteiger partial charge in [-0.05, 0) is 28.9 Å². The summed E-state index contributed by atoms with van der Waals surface area (Å²) in [6.45, 7) is 3.43. The van der Waals surface area contributed by atoms with E-state index >= 15 is 0 Å². The first-order valence-corrected chi connectivity index (χ1v) is 7.79. The van der Waals surface area contributed by atoms with Crippen molar-refractivity contribution in [1.82, 2.24) is 0 Å². The summed E-state index contributed by atoms with van der Waals surface area (Å²) < 4.78 is 25.9. The summed E-state index contributed by atoms with van der Waals surface area (Å²) >= 11 is 10.7. The van der Waals surface area contributed by atoms with E-state index in [-0.39, 0.29) is 10.2 Å². The molecule has 1 aromatic carbocycles. The number of halogens is 1. The number of primary amides is 1. The van der Waals surface area contributed by atoms with Crippen molar-refractivity contribution in [2.75, 3.05) is 7.11 Å². The highest BCUT2D eigenvalue weighted by atomic mass is 35.5. The van der Waals surface area contributed by atoms with Gasteiger partial charge in [-0.1, -0.05) is 61.1 Å². The van der Waals surface area contributed by atoms with Crippen LogP contribution in [0.3, 0.4) is 0 Å². The van der Waals surface area contributed by atoms with Gasteiger partial charge in [-0.3, -0.25) is 9.00 Å². The van der Waals surface area contributed by atoms with Crippen LogP contribution in [0.15, 0.2) is 41.9 Å². The Kier molecular flexibility index (Phi) is 14.2. The number of carbonyl (C=O) groups is 1. The number of benzene rings is 1. The average molecular weight is 384 g/mol. The lowest BCUT2D eigenvalue weighted by atomic mass is 10.1. The first kappa shape index (κ1) is 23.1. The Morgan fingerprint density at radius 2 is 1.82 bits per heavy atom. The van der Waals surface area contributed by atoms with Gasteiger partial charge in [0.05, 0.1) is 12.4 Å². The predicted molar refractivity (Wildman–Crippen MR) is 95.5 cm³/mol. The zero-order chi connectivity index (χ0) is 17.7. The highest BCUT2D eigenvalue weighted by Crippen LogP contribution is 2.27. The van der Waals surface area contributed by atoms with Gasteiger partial charge in [0.2, 0.25) is 0 Å². The maximum Gasteiger partial charge on any atom is 0.273 e. The normalized spacial score (nSPS) is 11.5. The van der Waals surface area contributed by atoms with Gasteiger partial charge in [-0.2, -0.15) is 0 Å². The lowest BCUT2D eigenvalue weighted by Crippen LogP contribution is -2.08. The van der Waals surface area contributed by atoms with E-state index in [1.165, 1.54) is 7.11 Å². The molecule has 2 unspecified atom stereocenters. The number of hydrogen-bond donors (Lipinski definition) is 3. The van der Waals surface area contributed by atoms with Crippen molar-refractivity contribution in [2.24, 2.45) is 11.5 Å². The van der Waals surface area contributed by atoms with Crippen molar-refractivity contribution in [2.45, 2.75) is 5.25 Å². The Morgan fingerprint density at radius 3 is 2.05 bits per heavy atom. The van der Waals surface area contributed by atoms with E-state index in [1.807, 2.05) is 6.07 Å². The van der Waals surface area contributed by atoms with Crippen LogP contribution >= 0.6 is 36.4 Å². The Labute approximate surface area is 147 Å². The van der Waals surface area contributed by atoms with Crippen LogP contribution in [0.5, 0.6) is 0 Å². The molecule has 0 aliphatic carbocycles. The fraction of sp³-hybridized carbons (Fsp3) is 0.167. The van der Waals surface area contributed by atoms with Crippen LogP contribution in [0.2, 0.25) is 0 Å². The van der Waals surface area contributed by atoms with Crippen molar-refractivity contribution in [3.63, 3.8) is 0 Å². The number of methoxy groups -OCH3 is 1. The molecule has 124 valence electrons. The Bertz CT molecular complexity index is 496. The van der Waals surface area contributed by atoms with E-state index in [2.05, 4.69) is 41.9 Å². The van der Waals surface area contributed by atoms with Gasteiger partial charge in [0, 0.05) is 5.03 Å². The molecule has 4 N–H and O–H groups in total. The monoisotopic (exact) mass is 383 g/mol. The quantitative estimate of drug-likeness (QED) is 0.418. The molecule has 0 aliphatic rings. The van der Waals surface area contributed by atoms with Gasteiger partial charge < -0.3 is 20.8 Å². The first-order chi connectivity index (χ1) is 10.1. The predicted octanol–water partition coefficient (Wildman–Crippen LogP) is 2.23. The Balaban J connectivity index is 0. The van der Waals surface area contributed by atoms with Crippen LogP contribution in [0, 0.1) is 0 Å². The van der Waals surface area contributed by atoms with E-state index in [9.17, 15) is 8.76 Å². The molecule has 6 nitrogen and oxygen atoms in total. The third kappa shape index (κ3) is 13.8. The standard InChI is InChI=1S/C9H9ClO2S.C2H5NOS.CH3NOS/c1-7(10)9(13(11)12)8-5-3-2-4-6-8;1-4-2(3)5;2-1(3)4/h2-6,9H,1H2,(H,11,12);1H3,(H2,3,5);(H3,2,3,4)/p-1. The lowest BCUT2D eigenvalue weighted by Gasteiger charge is -2.18. The van der Waals surface area contributed by atoms with Crippen molar-refractivity contribution in [3.05, 3.63) is 47.5 Å². The number of thiol groups is 1. The zero-order valence-electron chi connectivity index (χ0n) is 11.6. The molecule has 1 amide bonds. The van der Waals surface area contributed by atoms with Gasteiger partial charge >= 0.3 is 0 Å². The molecular formula is C12H16ClN2O4S3-. The molecule has 0 saturated heterocycles. The Hall–Kier alpha value is -1.13. The van der Waals surface area contributed by atoms with Gasteiger partial charge in [-0.15, -0.1) is 0 Å². The minimum absolute atomic E-state index is 0.0880. The fourth-order valence-electron chi connectivity index (χ4n) is 1.02. The maximum atomic E-state index is 10.8. The van der Waals surface area contributed by atoms with Crippen molar-refractivity contribution >= 4 is 57.9 Å². The molecule has 0 heterocycles. The molecule has 0 saturated carbocycles. The first-order valence-electron chi connectivity index (χ1n) is 5.42. The van der Waals surface area contributed by atoms with Gasteiger partial charge in [0.25, 0.3) is 10.4 Å². The fourth-order valence-corrected chi connectivity index (χ4v) is 1.96. The number of hydrogen-bond acceptors (Lipinski definition) is 5. The maximum absolute atomic E-state index is 10.8. The summed E-state index contributed by atoms with van der Waals surface area (Å²) in [5, 5.41) is -1.26. The van der Waals surface area contributed by atoms with Crippen LogP contribution in [0.4, 0.5) is 4.79 Å². The number of nitrogens with two attached hydrogens (primary N) is 2. The summed E-state index contributed by atoms with van der Waals surface area (Å²) in [5.74, 6) is 0. The summed E-state index contributed by atoms with van der Waals surface area (Å²) in [7, 11) is 1.43. The number of thiocarbonyl (C=S) groups is 1. The summed E-state index contributed by atoms with van der Waals surface area (Å²) in [5.41, 5.74) is 9.77. The van der Waals surface area contributed by atoms with Crippen LogP contribution in [0.25, 0.3) is 0 Å². The van der Waals surface area contributed by atoms with Gasteiger partial charge in [-0.25, -0.2) is 0 Å². The van der Waals surface area contributed by atoms with Crippen LogP contribution < -0.4 is 11.5 Å². The van der Waals surface area contributed by atoms with Crippen LogP contribution in [0.1, 0.15) is 10.8 Å². The molecule has 0 fully saturated rings. The second kappa shape index (κ2) is 13.5. The van der Waals surface area contributed by atoms with E-state index in [1.54, 1.807) is 24.3 Å². The number of amides is 1. The topological polar surface area (TPSA) is 118 Å². The molecular weight excluding hydrogens is 368 g/mol. The van der Waals surface area contributed by atoms with Gasteiger partial charge in [0.1, 0.15) is 0 Å². The highest BCUT2D eigenvalue weighted by Gasteiger charge is 2.13. The van der Waals surface area contributed by atoms with Crippen molar-refractivity contribution < 1.29 is 18.3 Å². The number of ether oxygens (including phenoxy) is 1. The average Bonchev–Trinajstić information content (AvgIpc) is 2.39. The molecule has 22 heavy (non-hydrogen) atoms. The van der Waals surface area contributed by atoms with E-state index in [0.717, 1.165) is 0 Å². The van der Waals surface area contributed by atoms with E-state index in [0.29, 0.717) is 5.56 Å². The summed E-state index contributed by atoms with van der Waals surface area (Å²) in [4.78, 5) is 9.09. The van der Waals surface area contributed by atoms with Crippen molar-refractivity contribution in [3.8, 4) is 0 Å². The third-order valence-electron chi connectivity index (χ3n) is 1.78. The summed E-state index contributed by atoms with van der Waals surface area (Å²) in [6.07, 6.45) is 0. The molecule has 1 rings (SSSR count). The zero-order valence-corrected chi connectivity index (χ0v) is 14.9. The second-order valence-corrected chi connectivity index (χ2v) is 5.68. The third-order valence-corrected chi connectivity index (χ3v) is 3.24. The molecule has 0 aromatic heterocycles. The van der Waals surface area contributed by atoms with Crippen LogP contribution in [-0.4, -0.2) is 26.3 Å². The smallest absolute Gasteiger partial charge is 0.273 e.